The highest BCUT2D eigenvalue weighted by molar-refractivity contribution is 6.32. The topological polar surface area (TPSA) is 267 Å². The van der Waals surface area contributed by atoms with Crippen molar-refractivity contribution in [1.29, 1.82) is 10.5 Å². The summed E-state index contributed by atoms with van der Waals surface area (Å²) in [5, 5.41) is 63.1. The lowest BCUT2D eigenvalue weighted by Crippen LogP contribution is -2.37. The van der Waals surface area contributed by atoms with Crippen molar-refractivity contribution in [1.82, 2.24) is 30.2 Å². The van der Waals surface area contributed by atoms with Crippen LogP contribution < -0.4 is 29.6 Å². The largest absolute Gasteiger partial charge is 0.488 e. The van der Waals surface area contributed by atoms with Gasteiger partial charge in [-0.15, -0.1) is 0 Å². The SMILES string of the molecule is Cc1c(COc2cc(OCc3cncc(C#N)c3)c(CNC(CCO)C(=O)O)cc2Cl)cccc1-n1c(C)nc(COc2cc(OCc3cncc(C#N)c3)c(CNC(CCO)C(=O)O)cc2Cl)c1C. The first-order valence-corrected chi connectivity index (χ1v) is 22.6. The Morgan fingerprint density at radius 2 is 1.16 bits per heavy atom. The van der Waals surface area contributed by atoms with Crippen LogP contribution in [0.15, 0.2) is 79.4 Å². The van der Waals surface area contributed by atoms with Crippen LogP contribution in [0.4, 0.5) is 0 Å². The zero-order valence-electron chi connectivity index (χ0n) is 38.4. The van der Waals surface area contributed by atoms with Crippen molar-refractivity contribution in [3.8, 4) is 40.8 Å². The summed E-state index contributed by atoms with van der Waals surface area (Å²) in [6.45, 7) is 5.43. The molecule has 3 aromatic carbocycles. The molecule has 0 radical (unpaired) electrons. The van der Waals surface area contributed by atoms with Crippen LogP contribution in [0.5, 0.6) is 23.0 Å². The molecule has 0 fully saturated rings. The molecule has 2 atom stereocenters. The third-order valence-electron chi connectivity index (χ3n) is 11.2. The van der Waals surface area contributed by atoms with Crippen LogP contribution in [0.3, 0.4) is 0 Å². The first-order valence-electron chi connectivity index (χ1n) is 21.8. The van der Waals surface area contributed by atoms with Gasteiger partial charge in [-0.3, -0.25) is 19.6 Å². The Balaban J connectivity index is 1.21. The van der Waals surface area contributed by atoms with Gasteiger partial charge < -0.3 is 54.6 Å². The molecule has 3 aromatic heterocycles. The van der Waals surface area contributed by atoms with Crippen molar-refractivity contribution in [3.05, 3.63) is 151 Å². The summed E-state index contributed by atoms with van der Waals surface area (Å²) in [7, 11) is 0. The number of aliphatic hydroxyl groups excluding tert-OH is 2. The van der Waals surface area contributed by atoms with Crippen LogP contribution >= 0.6 is 23.2 Å². The average Bonchev–Trinajstić information content (AvgIpc) is 3.63. The van der Waals surface area contributed by atoms with E-state index in [2.05, 4.69) is 32.7 Å². The third-order valence-corrected chi connectivity index (χ3v) is 11.7. The number of rotatable bonds is 25. The molecule has 0 saturated heterocycles. The van der Waals surface area contributed by atoms with E-state index in [4.69, 9.17) is 47.1 Å². The highest BCUT2D eigenvalue weighted by atomic mass is 35.5. The predicted molar refractivity (Wildman–Crippen MR) is 256 cm³/mol. The molecule has 0 amide bonds. The minimum absolute atomic E-state index is 0.00699. The van der Waals surface area contributed by atoms with E-state index in [9.17, 15) is 40.5 Å². The number of carbonyl (C=O) groups is 2. The van der Waals surface area contributed by atoms with Gasteiger partial charge in [0.2, 0.25) is 0 Å². The van der Waals surface area contributed by atoms with Gasteiger partial charge in [-0.1, -0.05) is 35.3 Å². The number of nitrogens with zero attached hydrogens (tertiary/aromatic N) is 6. The first kappa shape index (κ1) is 52.1. The van der Waals surface area contributed by atoms with Crippen LogP contribution in [0.1, 0.15) is 74.6 Å². The molecule has 70 heavy (non-hydrogen) atoms. The number of nitriles is 2. The molecule has 0 saturated carbocycles. The quantitative estimate of drug-likeness (QED) is 0.0344. The van der Waals surface area contributed by atoms with Crippen LogP contribution in [0.25, 0.3) is 5.69 Å². The van der Waals surface area contributed by atoms with Gasteiger partial charge in [-0.2, -0.15) is 10.5 Å². The number of halogens is 2. The molecule has 6 rings (SSSR count). The predicted octanol–water partition coefficient (Wildman–Crippen LogP) is 6.80. The molecule has 20 heteroatoms. The second-order valence-electron chi connectivity index (χ2n) is 16.0. The number of aliphatic hydroxyl groups is 2. The monoisotopic (exact) mass is 992 g/mol. The van der Waals surface area contributed by atoms with Gasteiger partial charge in [0.05, 0.1) is 32.6 Å². The fourth-order valence-electron chi connectivity index (χ4n) is 7.41. The lowest BCUT2D eigenvalue weighted by Gasteiger charge is -2.19. The summed E-state index contributed by atoms with van der Waals surface area (Å²) in [5.41, 5.74) is 7.08. The Kier molecular flexibility index (Phi) is 18.5. The van der Waals surface area contributed by atoms with E-state index in [1.54, 1.807) is 48.8 Å². The molecule has 0 aliphatic rings. The Morgan fingerprint density at radius 3 is 1.63 bits per heavy atom. The lowest BCUT2D eigenvalue weighted by molar-refractivity contribution is -0.140. The molecule has 0 aliphatic heterocycles. The number of imidazole rings is 1. The number of carboxylic acids is 2. The number of hydrogen-bond acceptors (Lipinski definition) is 15. The maximum atomic E-state index is 11.8. The van der Waals surface area contributed by atoms with E-state index in [1.807, 2.05) is 43.5 Å². The first-order chi connectivity index (χ1) is 33.7. The standard InChI is InChI=1S/C50H50Cl2N8O10/c1-29-36(27-69-47-15-45(67-25-34-11-32(17-53)19-55-21-34)37(13-39(47)51)23-57-41(7-9-61)49(63)64)5-4-6-44(29)60-30(2)43(59-31(60)3)28-70-48-16-46(68-26-35-12-33(18-54)20-56-22-35)38(14-40(48)52)24-58-42(8-10-62)50(65)66/h4-6,11-16,19-22,41-42,57-58,61-62H,7-10,23-28H2,1-3H3,(H,63,64)(H,65,66). The summed E-state index contributed by atoms with van der Waals surface area (Å²) in [5.74, 6) is -0.262. The Bertz CT molecular complexity index is 2920. The molecule has 0 spiro atoms. The molecule has 364 valence electrons. The molecule has 18 nitrogen and oxygen atoms in total. The van der Waals surface area contributed by atoms with Gasteiger partial charge in [-0.25, -0.2) is 4.98 Å². The summed E-state index contributed by atoms with van der Waals surface area (Å²) in [6, 6.07) is 17.7. The van der Waals surface area contributed by atoms with Crippen LogP contribution in [0.2, 0.25) is 10.0 Å². The van der Waals surface area contributed by atoms with Gasteiger partial charge in [0.1, 0.15) is 79.5 Å². The van der Waals surface area contributed by atoms with E-state index in [0.29, 0.717) is 62.1 Å². The molecular formula is C50H50Cl2N8O10. The Labute approximate surface area is 413 Å². The van der Waals surface area contributed by atoms with E-state index in [-0.39, 0.29) is 81.4 Å². The number of hydrogen-bond donors (Lipinski definition) is 6. The molecule has 0 aliphatic carbocycles. The van der Waals surface area contributed by atoms with Crippen molar-refractivity contribution >= 4 is 35.1 Å². The van der Waals surface area contributed by atoms with Gasteiger partial charge in [0.25, 0.3) is 0 Å². The van der Waals surface area contributed by atoms with Crippen molar-refractivity contribution in [3.63, 3.8) is 0 Å². The Hall–Kier alpha value is -7.29. The molecular weight excluding hydrogens is 944 g/mol. The van der Waals surface area contributed by atoms with E-state index in [1.165, 1.54) is 12.4 Å². The molecule has 0 bridgehead atoms. The highest BCUT2D eigenvalue weighted by Gasteiger charge is 2.22. The maximum absolute atomic E-state index is 11.8. The van der Waals surface area contributed by atoms with Crippen molar-refractivity contribution < 1.29 is 49.0 Å². The van der Waals surface area contributed by atoms with Crippen molar-refractivity contribution in [2.45, 2.75) is 85.2 Å². The van der Waals surface area contributed by atoms with E-state index in [0.717, 1.165) is 22.5 Å². The number of aromatic nitrogens is 4. The summed E-state index contributed by atoms with van der Waals surface area (Å²) in [4.78, 5) is 36.6. The van der Waals surface area contributed by atoms with Gasteiger partial charge >= 0.3 is 11.9 Å². The lowest BCUT2D eigenvalue weighted by atomic mass is 10.1. The van der Waals surface area contributed by atoms with Crippen LogP contribution in [-0.2, 0) is 49.1 Å². The van der Waals surface area contributed by atoms with E-state index < -0.39 is 24.0 Å². The number of pyridine rings is 2. The average molecular weight is 994 g/mol. The van der Waals surface area contributed by atoms with Crippen molar-refractivity contribution in [2.24, 2.45) is 0 Å². The zero-order chi connectivity index (χ0) is 50.3. The summed E-state index contributed by atoms with van der Waals surface area (Å²) >= 11 is 13.5. The van der Waals surface area contributed by atoms with Crippen LogP contribution in [-0.4, -0.2) is 77.2 Å². The number of carboxylic acid groups (broad SMARTS) is 2. The smallest absolute Gasteiger partial charge is 0.320 e. The van der Waals surface area contributed by atoms with E-state index >= 15 is 0 Å². The minimum Gasteiger partial charge on any atom is -0.488 e. The normalized spacial score (nSPS) is 11.8. The minimum atomic E-state index is -1.12. The summed E-state index contributed by atoms with van der Waals surface area (Å²) < 4.78 is 27.0. The highest BCUT2D eigenvalue weighted by Crippen LogP contribution is 2.36. The van der Waals surface area contributed by atoms with Gasteiger partial charge in [0.15, 0.2) is 0 Å². The summed E-state index contributed by atoms with van der Waals surface area (Å²) in [6.07, 6.45) is 6.01. The second kappa shape index (κ2) is 24.8. The fraction of sp³-hybridized carbons (Fsp3) is 0.300. The third kappa shape index (κ3) is 13.5. The van der Waals surface area contributed by atoms with Crippen molar-refractivity contribution in [2.75, 3.05) is 13.2 Å². The number of benzene rings is 3. The molecule has 3 heterocycles. The van der Waals surface area contributed by atoms with Gasteiger partial charge in [-0.05, 0) is 75.1 Å². The number of aliphatic carboxylic acids is 2. The maximum Gasteiger partial charge on any atom is 0.320 e. The number of nitrogens with one attached hydrogen (secondary N) is 2. The number of ether oxygens (including phenoxy) is 4. The Morgan fingerprint density at radius 1 is 0.671 bits per heavy atom. The van der Waals surface area contributed by atoms with Gasteiger partial charge in [0, 0.05) is 91.2 Å². The molecule has 2 unspecified atom stereocenters. The number of aryl methyl sites for hydroxylation is 1. The second-order valence-corrected chi connectivity index (χ2v) is 16.8. The van der Waals surface area contributed by atoms with Crippen LogP contribution in [0, 0.1) is 43.4 Å². The molecule has 6 aromatic rings. The molecule has 6 N–H and O–H groups in total. The fourth-order valence-corrected chi connectivity index (χ4v) is 7.89. The zero-order valence-corrected chi connectivity index (χ0v) is 39.9.